The summed E-state index contributed by atoms with van der Waals surface area (Å²) in [5, 5.41) is 2.97. The van der Waals surface area contributed by atoms with Gasteiger partial charge in [0.1, 0.15) is 0 Å². The Balaban J connectivity index is 2.58. The van der Waals surface area contributed by atoms with Gasteiger partial charge in [0.15, 0.2) is 0 Å². The van der Waals surface area contributed by atoms with Crippen molar-refractivity contribution < 1.29 is 4.79 Å². The quantitative estimate of drug-likeness (QED) is 0.878. The summed E-state index contributed by atoms with van der Waals surface area (Å²) < 4.78 is 1.01. The van der Waals surface area contributed by atoms with Gasteiger partial charge in [-0.25, -0.2) is 0 Å². The lowest BCUT2D eigenvalue weighted by atomic mass is 10.0. The molecule has 0 radical (unpaired) electrons. The topological polar surface area (TPSA) is 55.1 Å². The second-order valence-corrected chi connectivity index (χ2v) is 5.78. The van der Waals surface area contributed by atoms with Gasteiger partial charge in [-0.3, -0.25) is 4.79 Å². The maximum Gasteiger partial charge on any atom is 0.222 e. The van der Waals surface area contributed by atoms with E-state index in [-0.39, 0.29) is 18.0 Å². The fourth-order valence-electron chi connectivity index (χ4n) is 1.65. The van der Waals surface area contributed by atoms with E-state index in [4.69, 9.17) is 5.73 Å². The summed E-state index contributed by atoms with van der Waals surface area (Å²) in [5.41, 5.74) is 6.96. The van der Waals surface area contributed by atoms with Crippen LogP contribution in [-0.2, 0) is 4.79 Å². The minimum atomic E-state index is -0.0867. The van der Waals surface area contributed by atoms with Gasteiger partial charge in [-0.1, -0.05) is 48.0 Å². The minimum absolute atomic E-state index is 0.000506. The van der Waals surface area contributed by atoms with Gasteiger partial charge >= 0.3 is 0 Å². The number of rotatable bonds is 5. The van der Waals surface area contributed by atoms with E-state index < -0.39 is 0 Å². The van der Waals surface area contributed by atoms with Crippen LogP contribution in [0.5, 0.6) is 0 Å². The zero-order chi connectivity index (χ0) is 13.7. The molecule has 100 valence electrons. The van der Waals surface area contributed by atoms with Gasteiger partial charge < -0.3 is 11.1 Å². The third-order valence-corrected chi connectivity index (χ3v) is 3.75. The highest BCUT2D eigenvalue weighted by Crippen LogP contribution is 2.22. The van der Waals surface area contributed by atoms with Gasteiger partial charge in [0.25, 0.3) is 0 Å². The molecule has 0 aromatic heterocycles. The van der Waals surface area contributed by atoms with Crippen LogP contribution < -0.4 is 11.1 Å². The third kappa shape index (κ3) is 4.42. The number of hydrogen-bond acceptors (Lipinski definition) is 2. The van der Waals surface area contributed by atoms with E-state index in [0.717, 1.165) is 10.0 Å². The van der Waals surface area contributed by atoms with E-state index in [1.807, 2.05) is 45.0 Å². The molecule has 3 N–H and O–H groups in total. The molecule has 2 atom stereocenters. The van der Waals surface area contributed by atoms with Crippen molar-refractivity contribution in [2.24, 2.45) is 11.7 Å². The number of benzene rings is 1. The molecule has 1 unspecified atom stereocenters. The molecular weight excluding hydrogens is 292 g/mol. The van der Waals surface area contributed by atoms with E-state index in [1.54, 1.807) is 0 Å². The Hall–Kier alpha value is -0.870. The zero-order valence-electron chi connectivity index (χ0n) is 11.1. The van der Waals surface area contributed by atoms with Crippen LogP contribution in [0.3, 0.4) is 0 Å². The summed E-state index contributed by atoms with van der Waals surface area (Å²) in [7, 11) is 0. The predicted octanol–water partition coefficient (Wildman–Crippen LogP) is 3.00. The van der Waals surface area contributed by atoms with Crippen LogP contribution in [-0.4, -0.2) is 11.9 Å². The minimum Gasteiger partial charge on any atom is -0.349 e. The maximum absolute atomic E-state index is 11.8. The molecule has 4 heteroatoms. The van der Waals surface area contributed by atoms with Gasteiger partial charge in [0.2, 0.25) is 5.91 Å². The molecular formula is C14H21BrN2O. The fraction of sp³-hybridized carbons (Fsp3) is 0.500. The maximum atomic E-state index is 11.8. The second kappa shape index (κ2) is 6.90. The first kappa shape index (κ1) is 15.2. The smallest absolute Gasteiger partial charge is 0.222 e. The van der Waals surface area contributed by atoms with Gasteiger partial charge in [-0.05, 0) is 24.5 Å². The second-order valence-electron chi connectivity index (χ2n) is 4.92. The highest BCUT2D eigenvalue weighted by Gasteiger charge is 2.16. The van der Waals surface area contributed by atoms with E-state index >= 15 is 0 Å². The predicted molar refractivity (Wildman–Crippen MR) is 78.1 cm³/mol. The van der Waals surface area contributed by atoms with Gasteiger partial charge in [-0.2, -0.15) is 0 Å². The standard InChI is InChI=1S/C14H21BrN2O/c1-9(2)13(16)8-14(18)17-10(3)11-6-4-5-7-12(11)15/h4-7,9-10,13H,8,16H2,1-3H3,(H,17,18)/t10-,13?/m1/s1. The first-order valence-electron chi connectivity index (χ1n) is 6.21. The summed E-state index contributed by atoms with van der Waals surface area (Å²) in [5.74, 6) is 0.314. The number of carbonyl (C=O) groups is 1. The van der Waals surface area contributed by atoms with Crippen molar-refractivity contribution in [3.05, 3.63) is 34.3 Å². The van der Waals surface area contributed by atoms with Crippen molar-refractivity contribution >= 4 is 21.8 Å². The van der Waals surface area contributed by atoms with Crippen molar-refractivity contribution in [1.82, 2.24) is 5.32 Å². The number of nitrogens with two attached hydrogens (primary N) is 1. The summed E-state index contributed by atoms with van der Waals surface area (Å²) in [6.45, 7) is 6.02. The lowest BCUT2D eigenvalue weighted by molar-refractivity contribution is -0.122. The molecule has 0 heterocycles. The molecule has 0 spiro atoms. The number of hydrogen-bond donors (Lipinski definition) is 2. The molecule has 1 amide bonds. The Bertz CT molecular complexity index is 407. The molecule has 0 aliphatic heterocycles. The van der Waals surface area contributed by atoms with Crippen LogP contribution in [0.4, 0.5) is 0 Å². The summed E-state index contributed by atoms with van der Waals surface area (Å²) in [6, 6.07) is 7.78. The van der Waals surface area contributed by atoms with Crippen LogP contribution in [0.1, 0.15) is 38.8 Å². The van der Waals surface area contributed by atoms with Crippen molar-refractivity contribution in [3.8, 4) is 0 Å². The lowest BCUT2D eigenvalue weighted by Gasteiger charge is -2.19. The highest BCUT2D eigenvalue weighted by atomic mass is 79.9. The molecule has 0 saturated heterocycles. The van der Waals surface area contributed by atoms with Gasteiger partial charge in [0, 0.05) is 16.9 Å². The number of amides is 1. The third-order valence-electron chi connectivity index (χ3n) is 3.03. The van der Waals surface area contributed by atoms with Gasteiger partial charge in [-0.15, -0.1) is 0 Å². The van der Waals surface area contributed by atoms with Gasteiger partial charge in [0.05, 0.1) is 6.04 Å². The van der Waals surface area contributed by atoms with Crippen LogP contribution in [0.2, 0.25) is 0 Å². The number of halogens is 1. The first-order chi connectivity index (χ1) is 8.41. The number of nitrogens with one attached hydrogen (secondary N) is 1. The van der Waals surface area contributed by atoms with Crippen LogP contribution in [0, 0.1) is 5.92 Å². The largest absolute Gasteiger partial charge is 0.349 e. The van der Waals surface area contributed by atoms with Crippen molar-refractivity contribution in [2.45, 2.75) is 39.3 Å². The van der Waals surface area contributed by atoms with E-state index in [2.05, 4.69) is 21.2 Å². The zero-order valence-corrected chi connectivity index (χ0v) is 12.7. The van der Waals surface area contributed by atoms with E-state index in [1.165, 1.54) is 0 Å². The summed E-state index contributed by atoms with van der Waals surface area (Å²) in [4.78, 5) is 11.8. The SMILES string of the molecule is CC(C)C(N)CC(=O)N[C@H](C)c1ccccc1Br. The Labute approximate surface area is 117 Å². The molecule has 0 aliphatic carbocycles. The van der Waals surface area contributed by atoms with E-state index in [9.17, 15) is 4.79 Å². The molecule has 1 aromatic carbocycles. The van der Waals surface area contributed by atoms with Crippen LogP contribution in [0.15, 0.2) is 28.7 Å². The summed E-state index contributed by atoms with van der Waals surface area (Å²) in [6.07, 6.45) is 0.368. The van der Waals surface area contributed by atoms with Crippen LogP contribution >= 0.6 is 15.9 Å². The highest BCUT2D eigenvalue weighted by molar-refractivity contribution is 9.10. The molecule has 0 bridgehead atoms. The Morgan fingerprint density at radius 3 is 2.50 bits per heavy atom. The van der Waals surface area contributed by atoms with Crippen LogP contribution in [0.25, 0.3) is 0 Å². The lowest BCUT2D eigenvalue weighted by Crippen LogP contribution is -2.35. The van der Waals surface area contributed by atoms with Crippen molar-refractivity contribution in [3.63, 3.8) is 0 Å². The fourth-order valence-corrected chi connectivity index (χ4v) is 2.28. The molecule has 0 fully saturated rings. The number of carbonyl (C=O) groups excluding carboxylic acids is 1. The van der Waals surface area contributed by atoms with E-state index in [0.29, 0.717) is 12.3 Å². The molecule has 18 heavy (non-hydrogen) atoms. The molecule has 1 aromatic rings. The average Bonchev–Trinajstić information content (AvgIpc) is 2.28. The monoisotopic (exact) mass is 312 g/mol. The Morgan fingerprint density at radius 1 is 1.33 bits per heavy atom. The first-order valence-corrected chi connectivity index (χ1v) is 7.00. The van der Waals surface area contributed by atoms with Crippen molar-refractivity contribution in [1.29, 1.82) is 0 Å². The average molecular weight is 313 g/mol. The Kier molecular flexibility index (Phi) is 5.82. The molecule has 1 rings (SSSR count). The molecule has 0 saturated carbocycles. The molecule has 0 aliphatic rings. The Morgan fingerprint density at radius 2 is 1.94 bits per heavy atom. The normalized spacial score (nSPS) is 14.3. The molecule has 3 nitrogen and oxygen atoms in total. The van der Waals surface area contributed by atoms with Crippen molar-refractivity contribution in [2.75, 3.05) is 0 Å². The summed E-state index contributed by atoms with van der Waals surface area (Å²) >= 11 is 3.48.